The lowest BCUT2D eigenvalue weighted by Crippen LogP contribution is -2.31. The van der Waals surface area contributed by atoms with E-state index in [-0.39, 0.29) is 17.2 Å². The molecule has 0 saturated carbocycles. The van der Waals surface area contributed by atoms with Crippen LogP contribution in [-0.4, -0.2) is 22.2 Å². The molecule has 0 saturated heterocycles. The maximum atomic E-state index is 9.73. The Balaban J connectivity index is 2.21. The summed E-state index contributed by atoms with van der Waals surface area (Å²) in [7, 11) is 0. The van der Waals surface area contributed by atoms with Crippen LogP contribution in [0.4, 0.5) is 0 Å². The Morgan fingerprint density at radius 2 is 1.17 bits per heavy atom. The van der Waals surface area contributed by atoms with Crippen LogP contribution < -0.4 is 0 Å². The van der Waals surface area contributed by atoms with E-state index in [9.17, 15) is 10.2 Å². The molecule has 0 amide bonds. The molecule has 0 radical (unpaired) electrons. The maximum Gasteiger partial charge on any atom is 0.179 e. The Morgan fingerprint density at radius 3 is 1.47 bits per heavy atom. The maximum absolute atomic E-state index is 9.73. The van der Waals surface area contributed by atoms with Crippen LogP contribution in [0, 0.1) is 11.3 Å². The number of aliphatic hydroxyl groups excluding tert-OH is 1. The summed E-state index contributed by atoms with van der Waals surface area (Å²) in [5.74, 6) is -0.0114. The average Bonchev–Trinajstić information content (AvgIpc) is 2.77. The Hall–Kier alpha value is -3.01. The second-order valence-electron chi connectivity index (χ2n) is 7.81. The zero-order valence-electron chi connectivity index (χ0n) is 17.5. The fraction of sp³-hybridized carbons (Fsp3) is 0.222. The summed E-state index contributed by atoms with van der Waals surface area (Å²) in [6.45, 7) is 3.64. The predicted molar refractivity (Wildman–Crippen MR) is 123 cm³/mol. The highest BCUT2D eigenvalue weighted by molar-refractivity contribution is 5.96. The first-order valence-corrected chi connectivity index (χ1v) is 10.2. The largest absolute Gasteiger partial charge is 0.364 e. The first-order chi connectivity index (χ1) is 14.4. The van der Waals surface area contributed by atoms with Gasteiger partial charge >= 0.3 is 0 Å². The van der Waals surface area contributed by atoms with Crippen LogP contribution >= 0.6 is 0 Å². The molecule has 0 aliphatic heterocycles. The summed E-state index contributed by atoms with van der Waals surface area (Å²) < 4.78 is 0. The molecule has 0 spiro atoms. The number of hydrogen-bond donors (Lipinski definition) is 3. The van der Waals surface area contributed by atoms with Gasteiger partial charge in [0.05, 0.1) is 0 Å². The van der Waals surface area contributed by atoms with E-state index in [1.165, 1.54) is 16.7 Å². The van der Waals surface area contributed by atoms with Gasteiger partial charge in [-0.3, -0.25) is 0 Å². The van der Waals surface area contributed by atoms with Crippen molar-refractivity contribution in [2.24, 2.45) is 5.92 Å². The van der Waals surface area contributed by atoms with Gasteiger partial charge in [0.2, 0.25) is 0 Å². The van der Waals surface area contributed by atoms with E-state index in [0.29, 0.717) is 6.42 Å². The highest BCUT2D eigenvalue weighted by atomic mass is 16.5. The van der Waals surface area contributed by atoms with Gasteiger partial charge in [-0.25, -0.2) is 0 Å². The molecule has 0 aromatic heterocycles. The van der Waals surface area contributed by atoms with E-state index >= 15 is 0 Å². The van der Waals surface area contributed by atoms with E-state index in [1.807, 2.05) is 24.3 Å². The first kappa shape index (κ1) is 21.7. The standard InChI is InChI=1S/C27H29NO2/c1-20(18-25(21(2)28)26(29)30)19-27(22-12-6-3-7-13-22,23-14-8-4-9-15-23)24-16-10-5-11-17-24/h3-18,20,26,28-30H,19H2,1-2H3/b25-18+,28-21?. The molecule has 0 bridgehead atoms. The Bertz CT molecular complexity index is 882. The van der Waals surface area contributed by atoms with E-state index in [2.05, 4.69) is 79.7 Å². The van der Waals surface area contributed by atoms with Gasteiger partial charge in [-0.1, -0.05) is 104 Å². The number of benzene rings is 3. The van der Waals surface area contributed by atoms with Crippen molar-refractivity contribution in [1.29, 1.82) is 5.41 Å². The molecule has 1 atom stereocenters. The molecule has 0 fully saturated rings. The van der Waals surface area contributed by atoms with Gasteiger partial charge in [-0.2, -0.15) is 0 Å². The Kier molecular flexibility index (Phi) is 6.99. The van der Waals surface area contributed by atoms with Crippen LogP contribution in [0.3, 0.4) is 0 Å². The van der Waals surface area contributed by atoms with Crippen molar-refractivity contribution < 1.29 is 10.2 Å². The van der Waals surface area contributed by atoms with Gasteiger partial charge in [0.15, 0.2) is 6.29 Å². The van der Waals surface area contributed by atoms with Crippen molar-refractivity contribution in [2.75, 3.05) is 0 Å². The summed E-state index contributed by atoms with van der Waals surface area (Å²) in [4.78, 5) is 0. The van der Waals surface area contributed by atoms with Crippen molar-refractivity contribution in [1.82, 2.24) is 0 Å². The fourth-order valence-corrected chi connectivity index (χ4v) is 4.27. The topological polar surface area (TPSA) is 64.3 Å². The van der Waals surface area contributed by atoms with Crippen molar-refractivity contribution in [3.05, 3.63) is 119 Å². The summed E-state index contributed by atoms with van der Waals surface area (Å²) in [6, 6.07) is 31.3. The van der Waals surface area contributed by atoms with Gasteiger partial charge < -0.3 is 15.6 Å². The van der Waals surface area contributed by atoms with Crippen molar-refractivity contribution in [3.8, 4) is 0 Å². The van der Waals surface area contributed by atoms with Gasteiger partial charge in [0.1, 0.15) is 0 Å². The Labute approximate surface area is 178 Å². The molecule has 3 nitrogen and oxygen atoms in total. The molecule has 0 aliphatic carbocycles. The lowest BCUT2D eigenvalue weighted by molar-refractivity contribution is -0.00356. The minimum absolute atomic E-state index is 0.0114. The molecular formula is C27H29NO2. The van der Waals surface area contributed by atoms with Crippen molar-refractivity contribution in [2.45, 2.75) is 32.0 Å². The van der Waals surface area contributed by atoms with Crippen LogP contribution in [0.15, 0.2) is 103 Å². The van der Waals surface area contributed by atoms with Gasteiger partial charge in [0, 0.05) is 16.7 Å². The highest BCUT2D eigenvalue weighted by Gasteiger charge is 2.37. The normalized spacial score (nSPS) is 13.3. The quantitative estimate of drug-likeness (QED) is 0.272. The summed E-state index contributed by atoms with van der Waals surface area (Å²) in [6.07, 6.45) is 0.884. The molecule has 1 unspecified atom stereocenters. The third-order valence-electron chi connectivity index (χ3n) is 5.60. The summed E-state index contributed by atoms with van der Waals surface area (Å²) >= 11 is 0. The molecule has 3 rings (SSSR count). The SMILES string of the molecule is CC(=N)/C(=C\C(C)CC(c1ccccc1)(c1ccccc1)c1ccccc1)C(O)O. The molecule has 3 aromatic carbocycles. The number of hydrogen-bond acceptors (Lipinski definition) is 3. The van der Waals surface area contributed by atoms with Crippen LogP contribution in [0.2, 0.25) is 0 Å². The minimum atomic E-state index is -1.65. The number of rotatable bonds is 8. The second-order valence-corrected chi connectivity index (χ2v) is 7.81. The third kappa shape index (κ3) is 4.59. The van der Waals surface area contributed by atoms with E-state index in [0.717, 1.165) is 0 Å². The highest BCUT2D eigenvalue weighted by Crippen LogP contribution is 2.44. The van der Waals surface area contributed by atoms with E-state index in [4.69, 9.17) is 5.41 Å². The molecule has 30 heavy (non-hydrogen) atoms. The predicted octanol–water partition coefficient (Wildman–Crippen LogP) is 5.32. The number of nitrogens with one attached hydrogen (secondary N) is 1. The van der Waals surface area contributed by atoms with Crippen LogP contribution in [0.1, 0.15) is 37.0 Å². The molecule has 154 valence electrons. The molecule has 3 heteroatoms. The Morgan fingerprint density at radius 1 is 0.800 bits per heavy atom. The molecule has 3 aromatic rings. The van der Waals surface area contributed by atoms with Crippen molar-refractivity contribution >= 4 is 5.71 Å². The second kappa shape index (κ2) is 9.66. The lowest BCUT2D eigenvalue weighted by atomic mass is 9.65. The lowest BCUT2D eigenvalue weighted by Gasteiger charge is -2.38. The van der Waals surface area contributed by atoms with Crippen molar-refractivity contribution in [3.63, 3.8) is 0 Å². The minimum Gasteiger partial charge on any atom is -0.364 e. The van der Waals surface area contributed by atoms with Crippen LogP contribution in [-0.2, 0) is 5.41 Å². The van der Waals surface area contributed by atoms with Gasteiger partial charge in [-0.15, -0.1) is 0 Å². The van der Waals surface area contributed by atoms with E-state index < -0.39 is 11.7 Å². The number of aliphatic hydroxyl groups is 2. The molecule has 0 aliphatic rings. The third-order valence-corrected chi connectivity index (χ3v) is 5.60. The summed E-state index contributed by atoms with van der Waals surface area (Å²) in [5.41, 5.74) is 3.55. The first-order valence-electron chi connectivity index (χ1n) is 10.2. The summed E-state index contributed by atoms with van der Waals surface area (Å²) in [5, 5.41) is 27.4. The fourth-order valence-electron chi connectivity index (χ4n) is 4.27. The average molecular weight is 400 g/mol. The monoisotopic (exact) mass is 399 g/mol. The van der Waals surface area contributed by atoms with Gasteiger partial charge in [0.25, 0.3) is 0 Å². The van der Waals surface area contributed by atoms with Crippen LogP contribution in [0.5, 0.6) is 0 Å². The smallest absolute Gasteiger partial charge is 0.179 e. The molecular weight excluding hydrogens is 370 g/mol. The van der Waals surface area contributed by atoms with Gasteiger partial charge in [-0.05, 0) is 36.0 Å². The zero-order valence-corrected chi connectivity index (χ0v) is 17.5. The molecule has 0 heterocycles. The zero-order chi connectivity index (χ0) is 21.6. The number of allylic oxidation sites excluding steroid dienone is 1. The van der Waals surface area contributed by atoms with E-state index in [1.54, 1.807) is 6.92 Å². The van der Waals surface area contributed by atoms with Crippen LogP contribution in [0.25, 0.3) is 0 Å². The molecule has 3 N–H and O–H groups in total.